The quantitative estimate of drug-likeness (QED) is 0.705. The molecule has 0 heterocycles. The van der Waals surface area contributed by atoms with Gasteiger partial charge < -0.3 is 15.7 Å². The minimum atomic E-state index is -0.858. The van der Waals surface area contributed by atoms with Crippen LogP contribution < -0.4 is 10.6 Å². The van der Waals surface area contributed by atoms with Gasteiger partial charge in [0.2, 0.25) is 0 Å². The van der Waals surface area contributed by atoms with Crippen molar-refractivity contribution in [3.05, 3.63) is 0 Å². The molecular weight excluding hydrogens is 268 g/mol. The van der Waals surface area contributed by atoms with Gasteiger partial charge in [0, 0.05) is 12.6 Å². The Bertz CT molecular complexity index is 367. The molecule has 0 spiro atoms. The van der Waals surface area contributed by atoms with E-state index >= 15 is 0 Å². The average molecular weight is 298 g/mol. The predicted octanol–water partition coefficient (Wildman–Crippen LogP) is 3.00. The number of carbonyl (C=O) groups is 2. The zero-order valence-corrected chi connectivity index (χ0v) is 13.7. The molecule has 0 bridgehead atoms. The Hall–Kier alpha value is -1.26. The number of urea groups is 1. The van der Waals surface area contributed by atoms with Crippen LogP contribution in [-0.2, 0) is 4.79 Å². The van der Waals surface area contributed by atoms with Crippen LogP contribution in [0.4, 0.5) is 4.79 Å². The van der Waals surface area contributed by atoms with Crippen LogP contribution in [0.1, 0.15) is 59.8 Å². The summed E-state index contributed by atoms with van der Waals surface area (Å²) in [7, 11) is 0. The highest BCUT2D eigenvalue weighted by atomic mass is 16.4. The fraction of sp³-hybridized carbons (Fsp3) is 0.875. The van der Waals surface area contributed by atoms with E-state index in [1.54, 1.807) is 0 Å². The maximum atomic E-state index is 12.0. The zero-order chi connectivity index (χ0) is 16.0. The minimum absolute atomic E-state index is 0.178. The molecular formula is C16H30N2O3. The van der Waals surface area contributed by atoms with Crippen molar-refractivity contribution in [3.8, 4) is 0 Å². The molecule has 0 aromatic rings. The van der Waals surface area contributed by atoms with Gasteiger partial charge in [-0.05, 0) is 31.1 Å². The van der Waals surface area contributed by atoms with Crippen LogP contribution in [0.5, 0.6) is 0 Å². The molecule has 1 fully saturated rings. The van der Waals surface area contributed by atoms with E-state index in [4.69, 9.17) is 0 Å². The van der Waals surface area contributed by atoms with Crippen LogP contribution >= 0.6 is 0 Å². The fourth-order valence-corrected chi connectivity index (χ4v) is 3.13. The van der Waals surface area contributed by atoms with Crippen molar-refractivity contribution in [1.82, 2.24) is 10.6 Å². The van der Waals surface area contributed by atoms with Gasteiger partial charge in [0.15, 0.2) is 0 Å². The molecule has 0 aliphatic heterocycles. The SMILES string of the molecule is CCC(CC)(CNC(=O)NC1CCCC(C)C1C)C(=O)O. The summed E-state index contributed by atoms with van der Waals surface area (Å²) in [5.41, 5.74) is -0.858. The molecule has 0 saturated heterocycles. The summed E-state index contributed by atoms with van der Waals surface area (Å²) in [6, 6.07) is -0.0512. The van der Waals surface area contributed by atoms with Crippen LogP contribution in [0, 0.1) is 17.3 Å². The molecule has 122 valence electrons. The number of nitrogens with one attached hydrogen (secondary N) is 2. The minimum Gasteiger partial charge on any atom is -0.481 e. The molecule has 1 aliphatic carbocycles. The number of amides is 2. The lowest BCUT2D eigenvalue weighted by Crippen LogP contribution is -2.51. The molecule has 1 rings (SSSR count). The number of hydrogen-bond donors (Lipinski definition) is 3. The highest BCUT2D eigenvalue weighted by molar-refractivity contribution is 5.78. The highest BCUT2D eigenvalue weighted by Crippen LogP contribution is 2.29. The molecule has 1 saturated carbocycles. The number of carboxylic acids is 1. The van der Waals surface area contributed by atoms with Crippen molar-refractivity contribution in [2.45, 2.75) is 65.8 Å². The van der Waals surface area contributed by atoms with Gasteiger partial charge >= 0.3 is 12.0 Å². The zero-order valence-electron chi connectivity index (χ0n) is 13.7. The molecule has 0 aromatic carbocycles. The third-order valence-electron chi connectivity index (χ3n) is 5.42. The van der Waals surface area contributed by atoms with Crippen molar-refractivity contribution < 1.29 is 14.7 Å². The van der Waals surface area contributed by atoms with Gasteiger partial charge in [-0.2, -0.15) is 0 Å². The number of rotatable bonds is 6. The first-order valence-corrected chi connectivity index (χ1v) is 8.14. The van der Waals surface area contributed by atoms with Crippen molar-refractivity contribution in [3.63, 3.8) is 0 Å². The molecule has 1 aliphatic rings. The van der Waals surface area contributed by atoms with Gasteiger partial charge in [-0.25, -0.2) is 4.79 Å². The molecule has 5 heteroatoms. The number of aliphatic carboxylic acids is 1. The van der Waals surface area contributed by atoms with Crippen molar-refractivity contribution >= 4 is 12.0 Å². The van der Waals surface area contributed by atoms with Crippen LogP contribution in [0.2, 0.25) is 0 Å². The summed E-state index contributed by atoms with van der Waals surface area (Å²) in [6.07, 6.45) is 4.38. The lowest BCUT2D eigenvalue weighted by atomic mass is 9.78. The molecule has 2 amide bonds. The van der Waals surface area contributed by atoms with E-state index < -0.39 is 11.4 Å². The van der Waals surface area contributed by atoms with Crippen molar-refractivity contribution in [1.29, 1.82) is 0 Å². The molecule has 0 aromatic heterocycles. The Balaban J connectivity index is 2.52. The molecule has 3 N–H and O–H groups in total. The second-order valence-electron chi connectivity index (χ2n) is 6.49. The van der Waals surface area contributed by atoms with Crippen LogP contribution in [-0.4, -0.2) is 29.7 Å². The van der Waals surface area contributed by atoms with E-state index in [-0.39, 0.29) is 18.6 Å². The van der Waals surface area contributed by atoms with Gasteiger partial charge in [0.05, 0.1) is 5.41 Å². The summed E-state index contributed by atoms with van der Waals surface area (Å²) in [5, 5.41) is 15.1. The number of hydrogen-bond acceptors (Lipinski definition) is 2. The monoisotopic (exact) mass is 298 g/mol. The number of carboxylic acid groups (broad SMARTS) is 1. The summed E-state index contributed by atoms with van der Waals surface area (Å²) < 4.78 is 0. The summed E-state index contributed by atoms with van der Waals surface area (Å²) in [4.78, 5) is 23.5. The standard InChI is InChI=1S/C16H30N2O3/c1-5-16(6-2,14(19)20)10-17-15(21)18-13-9-7-8-11(3)12(13)4/h11-13H,5-10H2,1-4H3,(H,19,20)(H2,17,18,21). The van der Waals surface area contributed by atoms with Crippen molar-refractivity contribution in [2.24, 2.45) is 17.3 Å². The smallest absolute Gasteiger partial charge is 0.315 e. The summed E-state index contributed by atoms with van der Waals surface area (Å²) in [5.74, 6) is 0.243. The van der Waals surface area contributed by atoms with E-state index in [0.717, 1.165) is 12.8 Å². The molecule has 5 nitrogen and oxygen atoms in total. The third kappa shape index (κ3) is 4.35. The fourth-order valence-electron chi connectivity index (χ4n) is 3.13. The Morgan fingerprint density at radius 3 is 2.33 bits per heavy atom. The highest BCUT2D eigenvalue weighted by Gasteiger charge is 2.35. The van der Waals surface area contributed by atoms with E-state index in [2.05, 4.69) is 24.5 Å². The largest absolute Gasteiger partial charge is 0.481 e. The second kappa shape index (κ2) is 7.66. The first-order chi connectivity index (χ1) is 9.86. The first kappa shape index (κ1) is 17.8. The Morgan fingerprint density at radius 2 is 1.81 bits per heavy atom. The van der Waals surface area contributed by atoms with Gasteiger partial charge in [-0.3, -0.25) is 4.79 Å². The molecule has 3 unspecified atom stereocenters. The average Bonchev–Trinajstić information content (AvgIpc) is 2.45. The normalized spacial score (nSPS) is 26.2. The van der Waals surface area contributed by atoms with E-state index in [1.165, 1.54) is 6.42 Å². The lowest BCUT2D eigenvalue weighted by Gasteiger charge is -2.35. The molecule has 21 heavy (non-hydrogen) atoms. The van der Waals surface area contributed by atoms with E-state index in [0.29, 0.717) is 24.7 Å². The molecule has 0 radical (unpaired) electrons. The third-order valence-corrected chi connectivity index (χ3v) is 5.42. The molecule has 3 atom stereocenters. The van der Waals surface area contributed by atoms with Gasteiger partial charge in [0.1, 0.15) is 0 Å². The van der Waals surface area contributed by atoms with E-state index in [9.17, 15) is 14.7 Å². The van der Waals surface area contributed by atoms with Gasteiger partial charge in [0.25, 0.3) is 0 Å². The van der Waals surface area contributed by atoms with Crippen LogP contribution in [0.3, 0.4) is 0 Å². The number of carbonyl (C=O) groups excluding carboxylic acids is 1. The Labute approximate surface area is 127 Å². The Morgan fingerprint density at radius 1 is 1.19 bits per heavy atom. The Kier molecular flexibility index (Phi) is 6.49. The van der Waals surface area contributed by atoms with Crippen LogP contribution in [0.15, 0.2) is 0 Å². The van der Waals surface area contributed by atoms with Gasteiger partial charge in [-0.15, -0.1) is 0 Å². The first-order valence-electron chi connectivity index (χ1n) is 8.14. The van der Waals surface area contributed by atoms with Crippen molar-refractivity contribution in [2.75, 3.05) is 6.54 Å². The predicted molar refractivity (Wildman–Crippen MR) is 83.2 cm³/mol. The maximum Gasteiger partial charge on any atom is 0.315 e. The summed E-state index contributed by atoms with van der Waals surface area (Å²) >= 11 is 0. The van der Waals surface area contributed by atoms with Gasteiger partial charge in [-0.1, -0.05) is 40.5 Å². The topological polar surface area (TPSA) is 78.4 Å². The maximum absolute atomic E-state index is 12.0. The lowest BCUT2D eigenvalue weighted by molar-refractivity contribution is -0.149. The van der Waals surface area contributed by atoms with E-state index in [1.807, 2.05) is 13.8 Å². The summed E-state index contributed by atoms with van der Waals surface area (Å²) in [6.45, 7) is 8.27. The second-order valence-corrected chi connectivity index (χ2v) is 6.49. The van der Waals surface area contributed by atoms with Crippen LogP contribution in [0.25, 0.3) is 0 Å².